The van der Waals surface area contributed by atoms with Gasteiger partial charge >= 0.3 is 25.3 Å². The van der Waals surface area contributed by atoms with E-state index in [1.165, 1.54) is 0 Å². The highest BCUT2D eigenvalue weighted by Crippen LogP contribution is 2.38. The summed E-state index contributed by atoms with van der Waals surface area (Å²) in [7, 11) is -0.339. The quantitative estimate of drug-likeness (QED) is 0.107. The lowest BCUT2D eigenvalue weighted by atomic mass is 9.80. The monoisotopic (exact) mass is 673 g/mol. The lowest BCUT2D eigenvalue weighted by molar-refractivity contribution is -0.164. The molecule has 2 heterocycles. The molecule has 1 N–H and O–H groups in total. The lowest BCUT2D eigenvalue weighted by Crippen LogP contribution is -2.57. The number of piperazine rings is 1. The van der Waals surface area contributed by atoms with E-state index in [1.807, 2.05) is 99.6 Å². The maximum absolute atomic E-state index is 14.0. The number of hydrogen-bond acceptors (Lipinski definition) is 9. The van der Waals surface area contributed by atoms with E-state index in [4.69, 9.17) is 23.5 Å². The highest BCUT2D eigenvalue weighted by Gasteiger charge is 2.50. The van der Waals surface area contributed by atoms with Crippen LogP contribution in [-0.2, 0) is 34.9 Å². The van der Waals surface area contributed by atoms with Crippen molar-refractivity contribution in [1.29, 1.82) is 0 Å². The minimum absolute atomic E-state index is 0.0843. The number of alkyl carbamates (subject to hydrolysis) is 1. The summed E-state index contributed by atoms with van der Waals surface area (Å²) in [6, 6.07) is 9.43. The SMILES string of the molecule is CC(C)(C)OC(=O)N1CCN(CCCC(CCCCB2OC(C)(C)C(C)(C)O2)(NC(=O)OCc2ccccc2)C(=O)OC(C)(C)C)CC1. The molecule has 2 fully saturated rings. The van der Waals surface area contributed by atoms with Gasteiger partial charge in [0.05, 0.1) is 11.2 Å². The summed E-state index contributed by atoms with van der Waals surface area (Å²) in [4.78, 5) is 43.9. The molecule has 48 heavy (non-hydrogen) atoms. The van der Waals surface area contributed by atoms with Gasteiger partial charge in [0, 0.05) is 26.2 Å². The number of carbonyl (C=O) groups excluding carboxylic acids is 3. The van der Waals surface area contributed by atoms with Gasteiger partial charge in [-0.15, -0.1) is 0 Å². The summed E-state index contributed by atoms with van der Waals surface area (Å²) in [6.07, 6.45) is 2.43. The first-order chi connectivity index (χ1) is 22.2. The molecule has 0 bridgehead atoms. The third-order valence-corrected chi connectivity index (χ3v) is 9.04. The number of nitrogens with one attached hydrogen (secondary N) is 1. The van der Waals surface area contributed by atoms with Gasteiger partial charge in [0.1, 0.15) is 23.3 Å². The van der Waals surface area contributed by atoms with Crippen molar-refractivity contribution in [1.82, 2.24) is 15.1 Å². The van der Waals surface area contributed by atoms with E-state index in [1.54, 1.807) is 4.90 Å². The van der Waals surface area contributed by atoms with E-state index in [9.17, 15) is 14.4 Å². The molecule has 0 radical (unpaired) electrons. The Balaban J connectivity index is 1.69. The van der Waals surface area contributed by atoms with E-state index in [-0.39, 0.29) is 19.8 Å². The van der Waals surface area contributed by atoms with Crippen LogP contribution in [0.3, 0.4) is 0 Å². The molecule has 2 aliphatic heterocycles. The second-order valence-corrected chi connectivity index (χ2v) is 16.1. The summed E-state index contributed by atoms with van der Waals surface area (Å²) in [5, 5.41) is 2.97. The first-order valence-corrected chi connectivity index (χ1v) is 17.5. The van der Waals surface area contributed by atoms with Crippen molar-refractivity contribution < 1.29 is 37.9 Å². The van der Waals surface area contributed by atoms with Gasteiger partial charge in [-0.25, -0.2) is 14.4 Å². The molecule has 1 unspecified atom stereocenters. The van der Waals surface area contributed by atoms with Gasteiger partial charge in [-0.05, 0) is 107 Å². The molecule has 1 aromatic rings. The minimum atomic E-state index is -1.30. The maximum Gasteiger partial charge on any atom is 0.457 e. The fourth-order valence-electron chi connectivity index (χ4n) is 5.74. The Labute approximate surface area is 288 Å². The van der Waals surface area contributed by atoms with Crippen molar-refractivity contribution in [2.75, 3.05) is 32.7 Å². The van der Waals surface area contributed by atoms with Crippen molar-refractivity contribution in [3.05, 3.63) is 35.9 Å². The van der Waals surface area contributed by atoms with Crippen LogP contribution in [0.4, 0.5) is 9.59 Å². The number of amides is 2. The van der Waals surface area contributed by atoms with Crippen molar-refractivity contribution >= 4 is 25.3 Å². The Morgan fingerprint density at radius 2 is 1.38 bits per heavy atom. The zero-order valence-corrected chi connectivity index (χ0v) is 31.1. The molecule has 1 atom stereocenters. The molecular weight excluding hydrogens is 613 g/mol. The van der Waals surface area contributed by atoms with Crippen molar-refractivity contribution in [3.63, 3.8) is 0 Å². The van der Waals surface area contributed by atoms with Crippen LogP contribution < -0.4 is 5.32 Å². The average molecular weight is 674 g/mol. The van der Waals surface area contributed by atoms with E-state index < -0.39 is 40.0 Å². The molecule has 1 aromatic carbocycles. The van der Waals surface area contributed by atoms with Crippen LogP contribution in [0.5, 0.6) is 0 Å². The highest BCUT2D eigenvalue weighted by molar-refractivity contribution is 6.45. The molecule has 270 valence electrons. The molecule has 2 amide bonds. The summed E-state index contributed by atoms with van der Waals surface area (Å²) in [6.45, 7) is 22.5. The second-order valence-electron chi connectivity index (χ2n) is 16.1. The van der Waals surface area contributed by atoms with Crippen LogP contribution in [0.1, 0.15) is 107 Å². The Bertz CT molecular complexity index is 1190. The van der Waals surface area contributed by atoms with E-state index >= 15 is 0 Å². The molecule has 0 aromatic heterocycles. The number of carbonyl (C=O) groups is 3. The Morgan fingerprint density at radius 3 is 1.94 bits per heavy atom. The summed E-state index contributed by atoms with van der Waals surface area (Å²) >= 11 is 0. The molecular formula is C36H60BN3O8. The number of unbranched alkanes of at least 4 members (excludes halogenated alkanes) is 1. The summed E-state index contributed by atoms with van der Waals surface area (Å²) < 4.78 is 29.5. The first kappa shape index (κ1) is 39.6. The van der Waals surface area contributed by atoms with Gasteiger partial charge in [-0.1, -0.05) is 43.2 Å². The normalized spacial score (nSPS) is 19.4. The predicted octanol–water partition coefficient (Wildman–Crippen LogP) is 6.59. The topological polar surface area (TPSA) is 116 Å². The molecule has 12 heteroatoms. The number of benzene rings is 1. The number of esters is 1. The van der Waals surface area contributed by atoms with Gasteiger partial charge in [-0.2, -0.15) is 0 Å². The molecule has 2 saturated heterocycles. The van der Waals surface area contributed by atoms with E-state index in [0.29, 0.717) is 64.7 Å². The number of rotatable bonds is 13. The van der Waals surface area contributed by atoms with Gasteiger partial charge in [-0.3, -0.25) is 4.90 Å². The van der Waals surface area contributed by atoms with Crippen LogP contribution in [0.2, 0.25) is 6.32 Å². The van der Waals surface area contributed by atoms with Crippen LogP contribution in [-0.4, -0.2) is 95.7 Å². The van der Waals surface area contributed by atoms with Crippen LogP contribution in [0, 0.1) is 0 Å². The number of hydrogen-bond donors (Lipinski definition) is 1. The number of nitrogens with zero attached hydrogens (tertiary/aromatic N) is 2. The first-order valence-electron chi connectivity index (χ1n) is 17.5. The largest absolute Gasteiger partial charge is 0.458 e. The Kier molecular flexibility index (Phi) is 13.4. The molecule has 3 rings (SSSR count). The van der Waals surface area contributed by atoms with Crippen LogP contribution >= 0.6 is 0 Å². The molecule has 2 aliphatic rings. The second kappa shape index (κ2) is 16.3. The lowest BCUT2D eigenvalue weighted by Gasteiger charge is -2.37. The summed E-state index contributed by atoms with van der Waals surface area (Å²) in [5.74, 6) is -0.475. The van der Waals surface area contributed by atoms with E-state index in [2.05, 4.69) is 10.2 Å². The van der Waals surface area contributed by atoms with Crippen molar-refractivity contribution in [2.45, 2.75) is 142 Å². The predicted molar refractivity (Wildman–Crippen MR) is 187 cm³/mol. The van der Waals surface area contributed by atoms with Crippen molar-refractivity contribution in [2.24, 2.45) is 0 Å². The van der Waals surface area contributed by atoms with Gasteiger partial charge in [0.25, 0.3) is 0 Å². The number of ether oxygens (including phenoxy) is 3. The fraction of sp³-hybridized carbons (Fsp3) is 0.750. The molecule has 11 nitrogen and oxygen atoms in total. The fourth-order valence-corrected chi connectivity index (χ4v) is 5.74. The third-order valence-electron chi connectivity index (χ3n) is 9.04. The standard InChI is InChI=1S/C36H60BN3O8/c1-32(2,3)45-29(41)36(38-30(42)44-27-28-17-12-11-13-18-28,19-14-15-21-37-47-34(7,8)35(9,10)48-37)20-16-22-39-23-25-40(26-24-39)31(43)46-33(4,5)6/h11-13,17-18H,14-16,19-27H2,1-10H3,(H,38,42). The average Bonchev–Trinajstić information content (AvgIpc) is 3.18. The highest BCUT2D eigenvalue weighted by atomic mass is 16.7. The smallest absolute Gasteiger partial charge is 0.457 e. The van der Waals surface area contributed by atoms with Crippen molar-refractivity contribution in [3.8, 4) is 0 Å². The Hall–Kier alpha value is -2.83. The third kappa shape index (κ3) is 12.3. The van der Waals surface area contributed by atoms with Crippen LogP contribution in [0.25, 0.3) is 0 Å². The minimum Gasteiger partial charge on any atom is -0.458 e. The Morgan fingerprint density at radius 1 is 0.812 bits per heavy atom. The zero-order valence-electron chi connectivity index (χ0n) is 31.1. The van der Waals surface area contributed by atoms with Crippen LogP contribution in [0.15, 0.2) is 30.3 Å². The maximum atomic E-state index is 14.0. The van der Waals surface area contributed by atoms with Gasteiger partial charge in [0.2, 0.25) is 0 Å². The van der Waals surface area contributed by atoms with Gasteiger partial charge < -0.3 is 33.7 Å². The van der Waals surface area contributed by atoms with E-state index in [0.717, 1.165) is 12.0 Å². The summed E-state index contributed by atoms with van der Waals surface area (Å²) in [5.41, 5.74) is -2.57. The van der Waals surface area contributed by atoms with Gasteiger partial charge in [0.15, 0.2) is 0 Å². The zero-order chi connectivity index (χ0) is 35.8. The molecule has 0 aliphatic carbocycles. The molecule has 0 saturated carbocycles. The molecule has 0 spiro atoms.